The van der Waals surface area contributed by atoms with Crippen LogP contribution in [0.3, 0.4) is 0 Å². The van der Waals surface area contributed by atoms with Gasteiger partial charge in [0.15, 0.2) is 0 Å². The van der Waals surface area contributed by atoms with E-state index in [0.29, 0.717) is 24.8 Å². The molecule has 1 heterocycles. The number of carbonyl (C=O) groups excluding carboxylic acids is 3. The number of methoxy groups -OCH3 is 1. The SMILES string of the molecule is COC(=O)CN(CCc1ccccc1)C(=O)[C@](C)(Cc1c[nH]c2ccccc12)NC(=O)OC1C2CC3CC(C2)CC1C3. The number of amides is 2. The maximum Gasteiger partial charge on any atom is 0.408 e. The number of ether oxygens (including phenoxy) is 2. The fourth-order valence-electron chi connectivity index (χ4n) is 8.01. The van der Waals surface area contributed by atoms with E-state index < -0.39 is 17.6 Å². The third kappa shape index (κ3) is 5.90. The largest absolute Gasteiger partial charge is 0.468 e. The van der Waals surface area contributed by atoms with Crippen LogP contribution in [0.5, 0.6) is 0 Å². The number of nitrogens with one attached hydrogen (secondary N) is 2. The van der Waals surface area contributed by atoms with Crippen molar-refractivity contribution in [3.63, 3.8) is 0 Å². The van der Waals surface area contributed by atoms with Crippen LogP contribution in [0.15, 0.2) is 60.8 Å². The lowest BCUT2D eigenvalue weighted by Gasteiger charge is -2.53. The molecule has 0 radical (unpaired) electrons. The maximum absolute atomic E-state index is 14.4. The van der Waals surface area contributed by atoms with Crippen molar-refractivity contribution in [2.75, 3.05) is 20.2 Å². The lowest BCUT2D eigenvalue weighted by atomic mass is 9.55. The zero-order valence-electron chi connectivity index (χ0n) is 24.5. The minimum atomic E-state index is -1.36. The molecule has 0 spiro atoms. The Labute approximate surface area is 247 Å². The number of benzene rings is 2. The number of esters is 1. The number of hydrogen-bond donors (Lipinski definition) is 2. The number of alkyl carbamates (subject to hydrolysis) is 1. The van der Waals surface area contributed by atoms with Gasteiger partial charge in [0.2, 0.25) is 5.91 Å². The van der Waals surface area contributed by atoms with Gasteiger partial charge in [-0.3, -0.25) is 9.59 Å². The van der Waals surface area contributed by atoms with Gasteiger partial charge >= 0.3 is 12.1 Å². The molecule has 222 valence electrons. The fourth-order valence-corrected chi connectivity index (χ4v) is 8.01. The molecule has 8 nitrogen and oxygen atoms in total. The van der Waals surface area contributed by atoms with E-state index in [9.17, 15) is 14.4 Å². The monoisotopic (exact) mass is 571 g/mol. The highest BCUT2D eigenvalue weighted by atomic mass is 16.6. The van der Waals surface area contributed by atoms with Crippen molar-refractivity contribution in [3.8, 4) is 0 Å². The molecule has 7 rings (SSSR count). The van der Waals surface area contributed by atoms with Crippen LogP contribution in [0, 0.1) is 23.7 Å². The van der Waals surface area contributed by atoms with Crippen LogP contribution < -0.4 is 5.32 Å². The number of aromatic amines is 1. The number of hydrogen-bond acceptors (Lipinski definition) is 5. The van der Waals surface area contributed by atoms with Gasteiger partial charge < -0.3 is 24.7 Å². The van der Waals surface area contributed by atoms with E-state index in [4.69, 9.17) is 9.47 Å². The summed E-state index contributed by atoms with van der Waals surface area (Å²) in [4.78, 5) is 45.3. The Bertz CT molecular complexity index is 1410. The Morgan fingerprint density at radius 3 is 2.31 bits per heavy atom. The van der Waals surface area contributed by atoms with Crippen LogP contribution in [0.4, 0.5) is 4.79 Å². The zero-order chi connectivity index (χ0) is 29.3. The third-order valence-corrected chi connectivity index (χ3v) is 9.80. The molecule has 1 aromatic heterocycles. The minimum Gasteiger partial charge on any atom is -0.468 e. The topological polar surface area (TPSA) is 101 Å². The smallest absolute Gasteiger partial charge is 0.408 e. The lowest BCUT2D eigenvalue weighted by Crippen LogP contribution is -2.61. The predicted molar refractivity (Wildman–Crippen MR) is 160 cm³/mol. The van der Waals surface area contributed by atoms with Crippen molar-refractivity contribution in [3.05, 3.63) is 71.9 Å². The summed E-state index contributed by atoms with van der Waals surface area (Å²) in [6.45, 7) is 1.83. The molecule has 2 amide bonds. The zero-order valence-corrected chi connectivity index (χ0v) is 24.5. The second kappa shape index (κ2) is 11.8. The summed E-state index contributed by atoms with van der Waals surface area (Å²) >= 11 is 0. The Balaban J connectivity index is 1.25. The van der Waals surface area contributed by atoms with Crippen molar-refractivity contribution in [1.82, 2.24) is 15.2 Å². The number of nitrogens with zero attached hydrogens (tertiary/aromatic N) is 1. The molecule has 42 heavy (non-hydrogen) atoms. The molecule has 4 fully saturated rings. The molecule has 4 aliphatic rings. The molecular formula is C34H41N3O5. The van der Waals surface area contributed by atoms with Crippen LogP contribution in [-0.4, -0.2) is 59.7 Å². The molecule has 1 atom stereocenters. The molecule has 0 saturated heterocycles. The van der Waals surface area contributed by atoms with Gasteiger partial charge in [0.1, 0.15) is 18.2 Å². The van der Waals surface area contributed by atoms with E-state index in [0.717, 1.165) is 59.5 Å². The normalized spacial score (nSPS) is 25.5. The van der Waals surface area contributed by atoms with Crippen LogP contribution in [0.2, 0.25) is 0 Å². The van der Waals surface area contributed by atoms with E-state index in [-0.39, 0.29) is 25.0 Å². The Morgan fingerprint density at radius 1 is 0.952 bits per heavy atom. The van der Waals surface area contributed by atoms with E-state index in [1.54, 1.807) is 6.92 Å². The molecular weight excluding hydrogens is 530 g/mol. The van der Waals surface area contributed by atoms with Crippen LogP contribution in [-0.2, 0) is 31.9 Å². The molecule has 8 heteroatoms. The van der Waals surface area contributed by atoms with Gasteiger partial charge in [0, 0.05) is 30.1 Å². The first-order chi connectivity index (χ1) is 20.3. The van der Waals surface area contributed by atoms with Crippen molar-refractivity contribution in [1.29, 1.82) is 0 Å². The molecule has 2 N–H and O–H groups in total. The van der Waals surface area contributed by atoms with Crippen molar-refractivity contribution in [2.24, 2.45) is 23.7 Å². The molecule has 4 aliphatic carbocycles. The van der Waals surface area contributed by atoms with Crippen LogP contribution >= 0.6 is 0 Å². The minimum absolute atomic E-state index is 0.102. The molecule has 0 aliphatic heterocycles. The summed E-state index contributed by atoms with van der Waals surface area (Å²) in [5, 5.41) is 3.99. The first kappa shape index (κ1) is 28.3. The Morgan fingerprint density at radius 2 is 1.62 bits per heavy atom. The number of carbonyl (C=O) groups is 3. The van der Waals surface area contributed by atoms with Crippen LogP contribution in [0.25, 0.3) is 10.9 Å². The summed E-state index contributed by atoms with van der Waals surface area (Å²) in [5.41, 5.74) is 1.54. The molecule has 4 bridgehead atoms. The first-order valence-electron chi connectivity index (χ1n) is 15.2. The van der Waals surface area contributed by atoms with Gasteiger partial charge in [-0.1, -0.05) is 48.5 Å². The summed E-state index contributed by atoms with van der Waals surface area (Å²) in [7, 11) is 1.31. The van der Waals surface area contributed by atoms with Crippen molar-refractivity contribution < 1.29 is 23.9 Å². The highest BCUT2D eigenvalue weighted by Gasteiger charge is 2.50. The Kier molecular flexibility index (Phi) is 7.97. The number of rotatable bonds is 10. The number of para-hydroxylation sites is 1. The molecule has 3 aromatic rings. The van der Waals surface area contributed by atoms with Gasteiger partial charge in [-0.05, 0) is 86.3 Å². The summed E-state index contributed by atoms with van der Waals surface area (Å²) < 4.78 is 11.1. The third-order valence-electron chi connectivity index (χ3n) is 9.80. The van der Waals surface area contributed by atoms with Crippen molar-refractivity contribution in [2.45, 2.75) is 63.5 Å². The van der Waals surface area contributed by atoms with E-state index >= 15 is 0 Å². The average molecular weight is 572 g/mol. The highest BCUT2D eigenvalue weighted by Crippen LogP contribution is 2.54. The lowest BCUT2D eigenvalue weighted by molar-refractivity contribution is -0.149. The van der Waals surface area contributed by atoms with Gasteiger partial charge in [-0.15, -0.1) is 0 Å². The molecule has 0 unspecified atom stereocenters. The van der Waals surface area contributed by atoms with Crippen molar-refractivity contribution >= 4 is 28.9 Å². The fraction of sp³-hybridized carbons (Fsp3) is 0.500. The number of aromatic nitrogens is 1. The molecule has 4 saturated carbocycles. The second-order valence-corrected chi connectivity index (χ2v) is 12.8. The predicted octanol–water partition coefficient (Wildman–Crippen LogP) is 5.26. The first-order valence-corrected chi connectivity index (χ1v) is 15.2. The highest BCUT2D eigenvalue weighted by molar-refractivity contribution is 5.93. The van der Waals surface area contributed by atoms with Gasteiger partial charge in [-0.25, -0.2) is 4.79 Å². The Hall–Kier alpha value is -3.81. The van der Waals surface area contributed by atoms with Crippen LogP contribution in [0.1, 0.15) is 50.2 Å². The quantitative estimate of drug-likeness (QED) is 0.323. The number of fused-ring (bicyclic) bond motifs is 1. The summed E-state index contributed by atoms with van der Waals surface area (Å²) in [6.07, 6.45) is 7.84. The second-order valence-electron chi connectivity index (χ2n) is 12.8. The van der Waals surface area contributed by atoms with E-state index in [1.807, 2.05) is 60.8 Å². The van der Waals surface area contributed by atoms with E-state index in [1.165, 1.54) is 18.4 Å². The summed E-state index contributed by atoms with van der Waals surface area (Å²) in [6, 6.07) is 17.7. The molecule has 2 aromatic carbocycles. The average Bonchev–Trinajstić information content (AvgIpc) is 3.39. The van der Waals surface area contributed by atoms with Gasteiger partial charge in [0.05, 0.1) is 7.11 Å². The standard InChI is InChI=1S/C34H41N3O5/c1-34(19-27-20-35-29-11-7-6-10-28(27)29,32(39)37(21-30(38)41-2)13-12-22-8-4-3-5-9-22)36-33(40)42-31-25-15-23-14-24(17-25)18-26(31)16-23/h3-11,20,23-26,31,35H,12-19,21H2,1-2H3,(H,36,40)/t23?,24?,25?,26?,31?,34-/m0/s1. The maximum atomic E-state index is 14.4. The van der Waals surface area contributed by atoms with Gasteiger partial charge in [-0.2, -0.15) is 0 Å². The van der Waals surface area contributed by atoms with Gasteiger partial charge in [0.25, 0.3) is 0 Å². The van der Waals surface area contributed by atoms with E-state index in [2.05, 4.69) is 10.3 Å². The summed E-state index contributed by atoms with van der Waals surface area (Å²) in [5.74, 6) is 1.48. The number of H-pyrrole nitrogens is 1.